The van der Waals surface area contributed by atoms with E-state index >= 15 is 0 Å². The Morgan fingerprint density at radius 2 is 2.27 bits per heavy atom. The van der Waals surface area contributed by atoms with Crippen molar-refractivity contribution in [3.05, 3.63) is 24.2 Å². The van der Waals surface area contributed by atoms with Crippen molar-refractivity contribution >= 4 is 5.96 Å². The lowest BCUT2D eigenvalue weighted by molar-refractivity contribution is 0.117. The second kappa shape index (κ2) is 8.44. The van der Waals surface area contributed by atoms with Crippen LogP contribution in [0.5, 0.6) is 0 Å². The molecule has 3 fully saturated rings. The monoisotopic (exact) mass is 360 g/mol. The van der Waals surface area contributed by atoms with Gasteiger partial charge in [0.1, 0.15) is 5.76 Å². The standard InChI is InChI=1S/C20H32N4O2/c1-15-12-16(14-24(15)17-6-7-17)23-20(22-13-19-5-3-11-26-19)21-9-8-18-4-2-10-25-18/h2,4,10,15-17,19H,3,5-9,11-14H2,1H3,(H2,21,22,23). The van der Waals surface area contributed by atoms with Crippen LogP contribution in [0.15, 0.2) is 27.8 Å². The molecule has 26 heavy (non-hydrogen) atoms. The summed E-state index contributed by atoms with van der Waals surface area (Å²) in [6.45, 7) is 5.92. The number of hydrogen-bond donors (Lipinski definition) is 2. The van der Waals surface area contributed by atoms with Crippen LogP contribution in [0.1, 0.15) is 44.8 Å². The van der Waals surface area contributed by atoms with Gasteiger partial charge in [-0.3, -0.25) is 9.89 Å². The Kier molecular flexibility index (Phi) is 5.80. The minimum absolute atomic E-state index is 0.282. The number of nitrogens with one attached hydrogen (secondary N) is 2. The van der Waals surface area contributed by atoms with Crippen molar-refractivity contribution in [3.8, 4) is 0 Å². The van der Waals surface area contributed by atoms with Gasteiger partial charge < -0.3 is 19.8 Å². The first-order chi connectivity index (χ1) is 12.8. The summed E-state index contributed by atoms with van der Waals surface area (Å²) in [5, 5.41) is 7.16. The molecule has 2 saturated heterocycles. The smallest absolute Gasteiger partial charge is 0.191 e. The van der Waals surface area contributed by atoms with Gasteiger partial charge in [-0.2, -0.15) is 0 Å². The van der Waals surface area contributed by atoms with Crippen LogP contribution in [-0.2, 0) is 11.2 Å². The van der Waals surface area contributed by atoms with Gasteiger partial charge in [0, 0.05) is 44.2 Å². The second-order valence-electron chi connectivity index (χ2n) is 7.93. The van der Waals surface area contributed by atoms with Gasteiger partial charge in [0.15, 0.2) is 5.96 Å². The minimum Gasteiger partial charge on any atom is -0.469 e. The molecule has 3 heterocycles. The first-order valence-electron chi connectivity index (χ1n) is 10.2. The summed E-state index contributed by atoms with van der Waals surface area (Å²) < 4.78 is 11.1. The predicted octanol–water partition coefficient (Wildman–Crippen LogP) is 2.16. The Morgan fingerprint density at radius 1 is 1.35 bits per heavy atom. The summed E-state index contributed by atoms with van der Waals surface area (Å²) in [6.07, 6.45) is 9.09. The van der Waals surface area contributed by atoms with Crippen LogP contribution < -0.4 is 10.6 Å². The van der Waals surface area contributed by atoms with Gasteiger partial charge in [0.2, 0.25) is 0 Å². The largest absolute Gasteiger partial charge is 0.469 e. The van der Waals surface area contributed by atoms with E-state index in [0.29, 0.717) is 12.1 Å². The highest BCUT2D eigenvalue weighted by Crippen LogP contribution is 2.33. The summed E-state index contributed by atoms with van der Waals surface area (Å²) >= 11 is 0. The Labute approximate surface area is 156 Å². The minimum atomic E-state index is 0.282. The van der Waals surface area contributed by atoms with Crippen LogP contribution in [0.25, 0.3) is 0 Å². The number of nitrogens with zero attached hydrogens (tertiary/aromatic N) is 2. The molecular weight excluding hydrogens is 328 g/mol. The molecule has 0 aromatic carbocycles. The maximum atomic E-state index is 5.72. The predicted molar refractivity (Wildman–Crippen MR) is 102 cm³/mol. The molecule has 6 heteroatoms. The van der Waals surface area contributed by atoms with Gasteiger partial charge in [-0.25, -0.2) is 0 Å². The highest BCUT2D eigenvalue weighted by atomic mass is 16.5. The summed E-state index contributed by atoms with van der Waals surface area (Å²) in [7, 11) is 0. The third-order valence-corrected chi connectivity index (χ3v) is 5.70. The van der Waals surface area contributed by atoms with Crippen molar-refractivity contribution in [2.45, 2.75) is 69.7 Å². The Morgan fingerprint density at radius 3 is 3.00 bits per heavy atom. The van der Waals surface area contributed by atoms with Crippen molar-refractivity contribution in [1.29, 1.82) is 0 Å². The zero-order chi connectivity index (χ0) is 17.8. The van der Waals surface area contributed by atoms with Crippen LogP contribution in [-0.4, -0.2) is 61.3 Å². The highest BCUT2D eigenvalue weighted by molar-refractivity contribution is 5.80. The molecule has 1 aromatic rings. The lowest BCUT2D eigenvalue weighted by atomic mass is 10.2. The molecule has 2 aliphatic heterocycles. The number of aliphatic imine (C=N–C) groups is 1. The Hall–Kier alpha value is -1.53. The number of ether oxygens (including phenoxy) is 1. The summed E-state index contributed by atoms with van der Waals surface area (Å²) in [5.41, 5.74) is 0. The molecule has 6 nitrogen and oxygen atoms in total. The van der Waals surface area contributed by atoms with Gasteiger partial charge in [-0.05, 0) is 51.2 Å². The zero-order valence-electron chi connectivity index (χ0n) is 15.8. The maximum Gasteiger partial charge on any atom is 0.191 e. The summed E-state index contributed by atoms with van der Waals surface area (Å²) in [5.74, 6) is 1.92. The van der Waals surface area contributed by atoms with Gasteiger partial charge in [-0.15, -0.1) is 0 Å². The number of likely N-dealkylation sites (tertiary alicyclic amines) is 1. The Bertz CT molecular complexity index is 579. The fourth-order valence-corrected chi connectivity index (χ4v) is 4.16. The molecule has 0 spiro atoms. The van der Waals surface area contributed by atoms with Crippen molar-refractivity contribution in [2.24, 2.45) is 4.99 Å². The molecule has 144 valence electrons. The SMILES string of the molecule is CC1CC(NC(=NCC2CCCO2)NCCc2ccco2)CN1C1CC1. The molecule has 1 saturated carbocycles. The topological polar surface area (TPSA) is 62.0 Å². The van der Waals surface area contributed by atoms with Crippen LogP contribution >= 0.6 is 0 Å². The van der Waals surface area contributed by atoms with E-state index in [0.717, 1.165) is 63.3 Å². The van der Waals surface area contributed by atoms with E-state index in [4.69, 9.17) is 14.1 Å². The van der Waals surface area contributed by atoms with Crippen molar-refractivity contribution in [2.75, 3.05) is 26.2 Å². The molecule has 3 aliphatic rings. The first-order valence-corrected chi connectivity index (χ1v) is 10.2. The molecule has 3 atom stereocenters. The third-order valence-electron chi connectivity index (χ3n) is 5.70. The number of hydrogen-bond acceptors (Lipinski definition) is 4. The van der Waals surface area contributed by atoms with E-state index in [1.165, 1.54) is 19.3 Å². The number of guanidine groups is 1. The van der Waals surface area contributed by atoms with Gasteiger partial charge >= 0.3 is 0 Å². The average Bonchev–Trinajstić information content (AvgIpc) is 3.04. The molecule has 1 aliphatic carbocycles. The van der Waals surface area contributed by atoms with Crippen LogP contribution in [0.3, 0.4) is 0 Å². The van der Waals surface area contributed by atoms with E-state index < -0.39 is 0 Å². The van der Waals surface area contributed by atoms with E-state index in [2.05, 4.69) is 22.5 Å². The average molecular weight is 361 g/mol. The summed E-state index contributed by atoms with van der Waals surface area (Å²) in [6, 6.07) is 5.93. The van der Waals surface area contributed by atoms with Gasteiger partial charge in [0.25, 0.3) is 0 Å². The fraction of sp³-hybridized carbons (Fsp3) is 0.750. The first kappa shape index (κ1) is 17.9. The number of furan rings is 1. The normalized spacial score (nSPS) is 30.0. The lowest BCUT2D eigenvalue weighted by Gasteiger charge is -2.20. The van der Waals surface area contributed by atoms with E-state index in [-0.39, 0.29) is 6.10 Å². The van der Waals surface area contributed by atoms with Gasteiger partial charge in [-0.1, -0.05) is 0 Å². The molecule has 0 radical (unpaired) electrons. The van der Waals surface area contributed by atoms with E-state index in [1.807, 2.05) is 12.1 Å². The third kappa shape index (κ3) is 4.80. The van der Waals surface area contributed by atoms with Crippen LogP contribution in [0.2, 0.25) is 0 Å². The van der Waals surface area contributed by atoms with E-state index in [9.17, 15) is 0 Å². The van der Waals surface area contributed by atoms with Crippen LogP contribution in [0, 0.1) is 0 Å². The molecular formula is C20H32N4O2. The van der Waals surface area contributed by atoms with Crippen molar-refractivity contribution in [1.82, 2.24) is 15.5 Å². The molecule has 2 N–H and O–H groups in total. The molecule has 3 unspecified atom stereocenters. The molecule has 1 aromatic heterocycles. The molecule has 4 rings (SSSR count). The second-order valence-corrected chi connectivity index (χ2v) is 7.93. The Balaban J connectivity index is 1.31. The van der Waals surface area contributed by atoms with Crippen LogP contribution in [0.4, 0.5) is 0 Å². The maximum absolute atomic E-state index is 5.72. The highest BCUT2D eigenvalue weighted by Gasteiger charge is 2.38. The molecule has 0 amide bonds. The zero-order valence-corrected chi connectivity index (χ0v) is 15.8. The summed E-state index contributed by atoms with van der Waals surface area (Å²) in [4.78, 5) is 7.48. The lowest BCUT2D eigenvalue weighted by Crippen LogP contribution is -2.45. The van der Waals surface area contributed by atoms with Gasteiger partial charge in [0.05, 0.1) is 18.9 Å². The van der Waals surface area contributed by atoms with E-state index in [1.54, 1.807) is 6.26 Å². The van der Waals surface area contributed by atoms with Crippen molar-refractivity contribution in [3.63, 3.8) is 0 Å². The molecule has 0 bridgehead atoms. The quantitative estimate of drug-likeness (QED) is 0.576. The van der Waals surface area contributed by atoms with Crippen molar-refractivity contribution < 1.29 is 9.15 Å². The number of rotatable bonds is 7. The fourth-order valence-electron chi connectivity index (χ4n) is 4.16.